The van der Waals surface area contributed by atoms with Gasteiger partial charge in [-0.3, -0.25) is 14.5 Å². The Balaban J connectivity index is 1.23. The minimum absolute atomic E-state index is 0.405. The normalized spacial score (nSPS) is 16.5. The van der Waals surface area contributed by atoms with Gasteiger partial charge in [-0.2, -0.15) is 0 Å². The number of nitrogens with zero attached hydrogens (tertiary/aromatic N) is 2. The number of fused-ring (bicyclic) bond motifs is 2. The highest BCUT2D eigenvalue weighted by atomic mass is 16.5. The average Bonchev–Trinajstić information content (AvgIpc) is 3.36. The Morgan fingerprint density at radius 1 is 1.07 bits per heavy atom. The third-order valence-electron chi connectivity index (χ3n) is 6.13. The fourth-order valence-corrected chi connectivity index (χ4v) is 4.53. The second kappa shape index (κ2) is 7.61. The number of ether oxygens (including phenoxy) is 1. The lowest BCUT2D eigenvalue weighted by atomic mass is 10.1. The maximum atomic E-state index is 13.0. The number of ketones is 1. The molecule has 0 bridgehead atoms. The van der Waals surface area contributed by atoms with Gasteiger partial charge in [0.15, 0.2) is 0 Å². The van der Waals surface area contributed by atoms with Gasteiger partial charge in [0.2, 0.25) is 0 Å². The van der Waals surface area contributed by atoms with E-state index in [1.54, 1.807) is 4.90 Å². The van der Waals surface area contributed by atoms with Crippen LogP contribution in [0.5, 0.6) is 5.75 Å². The van der Waals surface area contributed by atoms with Gasteiger partial charge < -0.3 is 14.6 Å². The van der Waals surface area contributed by atoms with E-state index in [0.717, 1.165) is 55.0 Å². The summed E-state index contributed by atoms with van der Waals surface area (Å²) in [5.74, 6) is 0.175. The van der Waals surface area contributed by atoms with Crippen molar-refractivity contribution in [3.63, 3.8) is 0 Å². The summed E-state index contributed by atoms with van der Waals surface area (Å²) in [6.45, 7) is 6.13. The molecule has 30 heavy (non-hydrogen) atoms. The van der Waals surface area contributed by atoms with Crippen LogP contribution in [0.4, 0.5) is 0 Å². The molecule has 0 aliphatic carbocycles. The predicted molar refractivity (Wildman–Crippen MR) is 115 cm³/mol. The van der Waals surface area contributed by atoms with Crippen LogP contribution in [0.1, 0.15) is 27.2 Å². The monoisotopic (exact) mass is 403 g/mol. The number of carbonyl (C=O) groups excluding carboxylic acids is 2. The van der Waals surface area contributed by atoms with E-state index in [1.807, 2.05) is 31.2 Å². The first-order valence-electron chi connectivity index (χ1n) is 10.5. The zero-order valence-corrected chi connectivity index (χ0v) is 17.1. The Morgan fingerprint density at radius 2 is 1.87 bits per heavy atom. The first kappa shape index (κ1) is 18.9. The number of piperazine rings is 1. The highest BCUT2D eigenvalue weighted by Crippen LogP contribution is 2.27. The quantitative estimate of drug-likeness (QED) is 0.537. The van der Waals surface area contributed by atoms with Crippen LogP contribution < -0.4 is 4.74 Å². The van der Waals surface area contributed by atoms with E-state index < -0.39 is 11.7 Å². The molecular weight excluding hydrogens is 378 g/mol. The van der Waals surface area contributed by atoms with Crippen LogP contribution >= 0.6 is 0 Å². The Labute approximate surface area is 175 Å². The van der Waals surface area contributed by atoms with E-state index in [9.17, 15) is 9.59 Å². The molecule has 1 N–H and O–H groups in total. The molecule has 5 rings (SSSR count). The molecule has 6 nitrogen and oxygen atoms in total. The summed E-state index contributed by atoms with van der Waals surface area (Å²) in [6.07, 6.45) is 0.973. The third kappa shape index (κ3) is 3.37. The van der Waals surface area contributed by atoms with Crippen LogP contribution in [-0.4, -0.2) is 59.3 Å². The highest BCUT2D eigenvalue weighted by molar-refractivity contribution is 6.45. The molecule has 6 heteroatoms. The van der Waals surface area contributed by atoms with Crippen molar-refractivity contribution in [1.29, 1.82) is 0 Å². The van der Waals surface area contributed by atoms with Gasteiger partial charge in [0.25, 0.3) is 11.7 Å². The first-order chi connectivity index (χ1) is 14.6. The molecule has 1 aromatic heterocycles. The highest BCUT2D eigenvalue weighted by Gasteiger charge is 2.29. The molecule has 2 aliphatic rings. The Kier molecular flexibility index (Phi) is 4.79. The number of amides is 1. The van der Waals surface area contributed by atoms with Crippen molar-refractivity contribution in [2.45, 2.75) is 19.9 Å². The van der Waals surface area contributed by atoms with Crippen LogP contribution in [0.3, 0.4) is 0 Å². The maximum Gasteiger partial charge on any atom is 0.295 e. The summed E-state index contributed by atoms with van der Waals surface area (Å²) in [4.78, 5) is 33.1. The summed E-state index contributed by atoms with van der Waals surface area (Å²) in [5, 5.41) is 0.813. The van der Waals surface area contributed by atoms with Gasteiger partial charge in [-0.1, -0.05) is 30.3 Å². The summed E-state index contributed by atoms with van der Waals surface area (Å²) in [5.41, 5.74) is 4.67. The lowest BCUT2D eigenvalue weighted by Gasteiger charge is -2.34. The van der Waals surface area contributed by atoms with Gasteiger partial charge in [0.1, 0.15) is 5.75 Å². The van der Waals surface area contributed by atoms with Crippen LogP contribution in [0, 0.1) is 6.92 Å². The van der Waals surface area contributed by atoms with Crippen molar-refractivity contribution in [3.8, 4) is 5.75 Å². The molecular formula is C24H25N3O3. The van der Waals surface area contributed by atoms with Crippen molar-refractivity contribution >= 4 is 22.6 Å². The fraction of sp³-hybridized carbons (Fsp3) is 0.333. The van der Waals surface area contributed by atoms with Crippen molar-refractivity contribution < 1.29 is 14.3 Å². The van der Waals surface area contributed by atoms with E-state index in [2.05, 4.69) is 28.1 Å². The Bertz CT molecular complexity index is 1130. The van der Waals surface area contributed by atoms with E-state index in [1.165, 1.54) is 11.1 Å². The molecule has 1 fully saturated rings. The van der Waals surface area contributed by atoms with Crippen LogP contribution in [0.2, 0.25) is 0 Å². The zero-order chi connectivity index (χ0) is 20.7. The van der Waals surface area contributed by atoms with Crippen molar-refractivity contribution in [2.24, 2.45) is 0 Å². The number of nitrogens with one attached hydrogen (secondary N) is 1. The average molecular weight is 403 g/mol. The SMILES string of the molecule is Cc1[nH]c2ccccc2c1C(=O)C(=O)N1CCN(Cc2ccc3c(c2)CCO3)CC1. The molecule has 0 spiro atoms. The molecule has 2 aliphatic heterocycles. The molecule has 3 heterocycles. The lowest BCUT2D eigenvalue weighted by Crippen LogP contribution is -2.50. The zero-order valence-electron chi connectivity index (χ0n) is 17.1. The van der Waals surface area contributed by atoms with Gasteiger partial charge in [0, 0.05) is 55.7 Å². The summed E-state index contributed by atoms with van der Waals surface area (Å²) >= 11 is 0. The van der Waals surface area contributed by atoms with Crippen molar-refractivity contribution in [2.75, 3.05) is 32.8 Å². The first-order valence-corrected chi connectivity index (χ1v) is 10.5. The topological polar surface area (TPSA) is 65.6 Å². The smallest absolute Gasteiger partial charge is 0.295 e. The largest absolute Gasteiger partial charge is 0.493 e. The summed E-state index contributed by atoms with van der Waals surface area (Å²) < 4.78 is 5.58. The second-order valence-corrected chi connectivity index (χ2v) is 8.11. The molecule has 0 unspecified atom stereocenters. The summed E-state index contributed by atoms with van der Waals surface area (Å²) in [7, 11) is 0. The number of aryl methyl sites for hydroxylation is 1. The molecule has 0 atom stereocenters. The molecule has 1 saturated heterocycles. The molecule has 3 aromatic rings. The van der Waals surface area contributed by atoms with Gasteiger partial charge in [0.05, 0.1) is 12.2 Å². The minimum Gasteiger partial charge on any atom is -0.493 e. The Morgan fingerprint density at radius 3 is 2.70 bits per heavy atom. The minimum atomic E-state index is -0.419. The van der Waals surface area contributed by atoms with Crippen LogP contribution in [0.15, 0.2) is 42.5 Å². The van der Waals surface area contributed by atoms with Gasteiger partial charge in [-0.05, 0) is 30.2 Å². The van der Waals surface area contributed by atoms with Gasteiger partial charge in [-0.15, -0.1) is 0 Å². The number of rotatable bonds is 4. The van der Waals surface area contributed by atoms with Gasteiger partial charge in [-0.25, -0.2) is 0 Å². The number of hydrogen-bond donors (Lipinski definition) is 1. The number of aromatic nitrogens is 1. The lowest BCUT2D eigenvalue weighted by molar-refractivity contribution is -0.128. The number of hydrogen-bond acceptors (Lipinski definition) is 4. The Hall–Kier alpha value is -3.12. The number of H-pyrrole nitrogens is 1. The van der Waals surface area contributed by atoms with E-state index in [4.69, 9.17) is 4.74 Å². The van der Waals surface area contributed by atoms with E-state index in [-0.39, 0.29) is 0 Å². The van der Waals surface area contributed by atoms with Crippen LogP contribution in [-0.2, 0) is 17.8 Å². The van der Waals surface area contributed by atoms with E-state index in [0.29, 0.717) is 18.7 Å². The maximum absolute atomic E-state index is 13.0. The standard InChI is InChI=1S/C24H25N3O3/c1-16-22(19-4-2-3-5-20(19)25-16)23(28)24(29)27-11-9-26(10-12-27)15-17-6-7-21-18(14-17)8-13-30-21/h2-7,14,25H,8-13,15H2,1H3. The molecule has 0 radical (unpaired) electrons. The number of benzene rings is 2. The second-order valence-electron chi connectivity index (χ2n) is 8.11. The molecule has 154 valence electrons. The van der Waals surface area contributed by atoms with Crippen molar-refractivity contribution in [3.05, 3.63) is 64.8 Å². The number of Topliss-reactive ketones (excluding diaryl/α,β-unsaturated/α-hetero) is 1. The van der Waals surface area contributed by atoms with Crippen molar-refractivity contribution in [1.82, 2.24) is 14.8 Å². The summed E-state index contributed by atoms with van der Waals surface area (Å²) in [6, 6.07) is 14.0. The van der Waals surface area contributed by atoms with Gasteiger partial charge >= 0.3 is 0 Å². The molecule has 2 aromatic carbocycles. The molecule has 1 amide bonds. The number of para-hydroxylation sites is 1. The number of aromatic amines is 1. The van der Waals surface area contributed by atoms with Crippen LogP contribution in [0.25, 0.3) is 10.9 Å². The predicted octanol–water partition coefficient (Wildman–Crippen LogP) is 2.94. The number of carbonyl (C=O) groups is 2. The fourth-order valence-electron chi connectivity index (χ4n) is 4.53. The molecule has 0 saturated carbocycles. The van der Waals surface area contributed by atoms with E-state index >= 15 is 0 Å². The third-order valence-corrected chi connectivity index (χ3v) is 6.13.